The van der Waals surface area contributed by atoms with Crippen molar-refractivity contribution in [1.29, 1.82) is 0 Å². The van der Waals surface area contributed by atoms with E-state index in [2.05, 4.69) is 15.5 Å². The van der Waals surface area contributed by atoms with Gasteiger partial charge in [-0.25, -0.2) is 0 Å². The van der Waals surface area contributed by atoms with Crippen molar-refractivity contribution >= 4 is 29.0 Å². The fraction of sp³-hybridized carbons (Fsp3) is 0.300. The van der Waals surface area contributed by atoms with Crippen LogP contribution >= 0.6 is 0 Å². The molecule has 2 amide bonds. The fourth-order valence-electron chi connectivity index (χ4n) is 7.92. The van der Waals surface area contributed by atoms with Crippen molar-refractivity contribution in [1.82, 2.24) is 4.90 Å². The Morgan fingerprint density at radius 3 is 2.61 bits per heavy atom. The van der Waals surface area contributed by atoms with Gasteiger partial charge in [0.1, 0.15) is 11.0 Å². The van der Waals surface area contributed by atoms with Crippen LogP contribution in [0, 0.1) is 12.8 Å². The average Bonchev–Trinajstić information content (AvgIpc) is 3.71. The van der Waals surface area contributed by atoms with Crippen molar-refractivity contribution in [2.45, 2.75) is 36.8 Å². The maximum absolute atomic E-state index is 14.7. The van der Waals surface area contributed by atoms with Crippen LogP contribution < -0.4 is 20.1 Å². The fourth-order valence-corrected chi connectivity index (χ4v) is 7.92. The zero-order valence-electron chi connectivity index (χ0n) is 20.7. The molecule has 3 aromatic rings. The predicted octanol–water partition coefficient (Wildman–Crippen LogP) is 3.74. The molecule has 2 saturated heterocycles. The molecule has 0 bridgehead atoms. The number of para-hydroxylation sites is 1. The number of anilines is 2. The number of carbonyl (C=O) groups is 3. The summed E-state index contributed by atoms with van der Waals surface area (Å²) in [6.45, 7) is 2.71. The summed E-state index contributed by atoms with van der Waals surface area (Å²) in [7, 11) is 0. The van der Waals surface area contributed by atoms with Crippen molar-refractivity contribution < 1.29 is 23.9 Å². The van der Waals surface area contributed by atoms with Crippen LogP contribution in [0.1, 0.15) is 39.9 Å². The van der Waals surface area contributed by atoms with Crippen LogP contribution in [-0.2, 0) is 20.5 Å². The van der Waals surface area contributed by atoms with E-state index >= 15 is 0 Å². The summed E-state index contributed by atoms with van der Waals surface area (Å²) in [4.78, 5) is 45.8. The number of hydrogen-bond donors (Lipinski definition) is 2. The number of ketones is 1. The van der Waals surface area contributed by atoms with Gasteiger partial charge in [0.2, 0.25) is 12.7 Å². The molecule has 0 radical (unpaired) electrons. The van der Waals surface area contributed by atoms with E-state index in [1.165, 1.54) is 0 Å². The molecule has 0 saturated carbocycles. The maximum atomic E-state index is 14.7. The third kappa shape index (κ3) is 2.33. The molecule has 190 valence electrons. The number of nitrogens with zero attached hydrogens (tertiary/aromatic N) is 1. The summed E-state index contributed by atoms with van der Waals surface area (Å²) in [5, 5.41) is 6.17. The smallest absolute Gasteiger partial charge is 0.251 e. The van der Waals surface area contributed by atoms with Crippen LogP contribution in [-0.4, -0.2) is 41.9 Å². The molecule has 4 atom stereocenters. The first-order chi connectivity index (χ1) is 18.5. The van der Waals surface area contributed by atoms with Gasteiger partial charge in [-0.3, -0.25) is 19.3 Å². The summed E-state index contributed by atoms with van der Waals surface area (Å²) in [5.74, 6) is -0.416. The summed E-state index contributed by atoms with van der Waals surface area (Å²) >= 11 is 0. The van der Waals surface area contributed by atoms with Crippen LogP contribution in [0.5, 0.6) is 11.5 Å². The molecular formula is C30H25N3O5. The Kier molecular flexibility index (Phi) is 4.16. The molecule has 5 aliphatic rings. The molecule has 0 aromatic heterocycles. The van der Waals surface area contributed by atoms with E-state index in [9.17, 15) is 14.4 Å². The Labute approximate surface area is 218 Å². The van der Waals surface area contributed by atoms with E-state index in [1.54, 1.807) is 18.2 Å². The maximum Gasteiger partial charge on any atom is 0.251 e. The van der Waals surface area contributed by atoms with Gasteiger partial charge in [0.25, 0.3) is 5.91 Å². The number of rotatable bonds is 2. The third-order valence-corrected chi connectivity index (χ3v) is 9.19. The number of hydrogen-bond acceptors (Lipinski definition) is 6. The molecule has 5 heterocycles. The molecule has 5 aliphatic heterocycles. The zero-order valence-corrected chi connectivity index (χ0v) is 20.7. The number of benzene rings is 3. The van der Waals surface area contributed by atoms with E-state index in [0.29, 0.717) is 47.0 Å². The summed E-state index contributed by atoms with van der Waals surface area (Å²) < 4.78 is 11.0. The average molecular weight is 508 g/mol. The van der Waals surface area contributed by atoms with Crippen molar-refractivity contribution in [3.05, 3.63) is 82.9 Å². The van der Waals surface area contributed by atoms with Crippen LogP contribution in [0.3, 0.4) is 0 Å². The highest BCUT2D eigenvalue weighted by atomic mass is 16.7. The van der Waals surface area contributed by atoms with Gasteiger partial charge in [-0.1, -0.05) is 35.9 Å². The highest BCUT2D eigenvalue weighted by Gasteiger charge is 2.81. The molecule has 8 rings (SSSR count). The standard InChI is InChI=1S/C30H25N3O5/c1-16-8-10-21-19(13-16)30(28(36)32-21)29(18-5-2-3-6-20(18)31-27(29)35)25(22-7-4-12-33(22)30)26(34)17-9-11-23-24(14-17)38-15-37-23/h2-3,5-6,8-11,13-14,22,25H,4,7,12,15H2,1H3,(H,31,35)(H,32,36). The van der Waals surface area contributed by atoms with Gasteiger partial charge in [0.15, 0.2) is 17.3 Å². The van der Waals surface area contributed by atoms with E-state index in [-0.39, 0.29) is 30.4 Å². The first-order valence-electron chi connectivity index (χ1n) is 13.0. The SMILES string of the molecule is Cc1ccc2c(c1)C1(C(=O)N2)N2CCCC2C(C(=O)c2ccc3c(c2)OCO3)C12C(=O)Nc1ccccc12. The van der Waals surface area contributed by atoms with Gasteiger partial charge in [-0.2, -0.15) is 0 Å². The zero-order chi connectivity index (χ0) is 25.8. The summed E-state index contributed by atoms with van der Waals surface area (Å²) in [5.41, 5.74) is 1.43. The summed E-state index contributed by atoms with van der Waals surface area (Å²) in [6, 6.07) is 18.3. The van der Waals surface area contributed by atoms with E-state index < -0.39 is 16.9 Å². The van der Waals surface area contributed by atoms with Crippen molar-refractivity contribution in [3.63, 3.8) is 0 Å². The number of nitrogens with one attached hydrogen (secondary N) is 2. The van der Waals surface area contributed by atoms with E-state index in [1.807, 2.05) is 49.4 Å². The third-order valence-electron chi connectivity index (χ3n) is 9.19. The summed E-state index contributed by atoms with van der Waals surface area (Å²) in [6.07, 6.45) is 1.56. The number of ether oxygens (including phenoxy) is 2. The van der Waals surface area contributed by atoms with Crippen LogP contribution in [0.15, 0.2) is 60.7 Å². The molecule has 2 fully saturated rings. The Morgan fingerprint density at radius 1 is 0.921 bits per heavy atom. The second-order valence-electron chi connectivity index (χ2n) is 10.8. The number of Topliss-reactive ketones (excluding diaryl/α,β-unsaturated/α-hetero) is 1. The second kappa shape index (κ2) is 7.23. The van der Waals surface area contributed by atoms with Crippen molar-refractivity contribution in [2.24, 2.45) is 5.92 Å². The Morgan fingerprint density at radius 2 is 1.71 bits per heavy atom. The Bertz CT molecular complexity index is 1600. The lowest BCUT2D eigenvalue weighted by atomic mass is 9.57. The second-order valence-corrected chi connectivity index (χ2v) is 10.8. The molecule has 2 N–H and O–H groups in total. The largest absolute Gasteiger partial charge is 0.454 e. The Hall–Kier alpha value is -4.17. The molecule has 2 spiro atoms. The molecule has 3 aromatic carbocycles. The Balaban J connectivity index is 1.45. The minimum Gasteiger partial charge on any atom is -0.454 e. The minimum atomic E-state index is -1.45. The monoisotopic (exact) mass is 507 g/mol. The molecule has 8 heteroatoms. The lowest BCUT2D eigenvalue weighted by Gasteiger charge is -2.43. The normalized spacial score (nSPS) is 29.9. The predicted molar refractivity (Wildman–Crippen MR) is 138 cm³/mol. The van der Waals surface area contributed by atoms with Gasteiger partial charge in [-0.15, -0.1) is 0 Å². The molecule has 4 unspecified atom stereocenters. The first-order valence-corrected chi connectivity index (χ1v) is 13.0. The highest BCUT2D eigenvalue weighted by Crippen LogP contribution is 2.68. The number of amides is 2. The van der Waals surface area contributed by atoms with Crippen molar-refractivity contribution in [2.75, 3.05) is 24.0 Å². The van der Waals surface area contributed by atoms with Gasteiger partial charge in [0.05, 0.1) is 5.92 Å². The quantitative estimate of drug-likeness (QED) is 0.513. The van der Waals surface area contributed by atoms with Gasteiger partial charge in [0, 0.05) is 28.5 Å². The lowest BCUT2D eigenvalue weighted by molar-refractivity contribution is -0.137. The van der Waals surface area contributed by atoms with E-state index in [0.717, 1.165) is 17.5 Å². The molecule has 38 heavy (non-hydrogen) atoms. The van der Waals surface area contributed by atoms with Gasteiger partial charge in [-0.05, 0) is 62.2 Å². The lowest BCUT2D eigenvalue weighted by Crippen LogP contribution is -2.62. The number of fused-ring (bicyclic) bond motifs is 8. The van der Waals surface area contributed by atoms with Crippen LogP contribution in [0.4, 0.5) is 11.4 Å². The first kappa shape index (κ1) is 21.9. The van der Waals surface area contributed by atoms with Crippen LogP contribution in [0.25, 0.3) is 0 Å². The number of carbonyl (C=O) groups excluding carboxylic acids is 3. The minimum absolute atomic E-state index is 0.103. The topological polar surface area (TPSA) is 97.0 Å². The molecular weight excluding hydrogens is 482 g/mol. The highest BCUT2D eigenvalue weighted by molar-refractivity contribution is 6.21. The molecule has 0 aliphatic carbocycles. The van der Waals surface area contributed by atoms with Gasteiger partial charge >= 0.3 is 0 Å². The van der Waals surface area contributed by atoms with Crippen molar-refractivity contribution in [3.8, 4) is 11.5 Å². The van der Waals surface area contributed by atoms with Gasteiger partial charge < -0.3 is 20.1 Å². The van der Waals surface area contributed by atoms with Crippen LogP contribution in [0.2, 0.25) is 0 Å². The number of aryl methyl sites for hydroxylation is 1. The molecule has 8 nitrogen and oxygen atoms in total. The van der Waals surface area contributed by atoms with E-state index in [4.69, 9.17) is 9.47 Å².